The Morgan fingerprint density at radius 2 is 1.87 bits per heavy atom. The second-order valence-corrected chi connectivity index (χ2v) is 4.33. The molecule has 15 heavy (non-hydrogen) atoms. The summed E-state index contributed by atoms with van der Waals surface area (Å²) in [4.78, 5) is 2.33. The quantitative estimate of drug-likeness (QED) is 0.610. The lowest BCUT2D eigenvalue weighted by molar-refractivity contribution is 0.106. The molecule has 2 atom stereocenters. The molecule has 92 valence electrons. The Balaban J connectivity index is 3.76. The van der Waals surface area contributed by atoms with E-state index in [4.69, 9.17) is 0 Å². The summed E-state index contributed by atoms with van der Waals surface area (Å²) < 4.78 is 0. The zero-order valence-corrected chi connectivity index (χ0v) is 10.8. The van der Waals surface area contributed by atoms with Crippen molar-refractivity contribution in [2.75, 3.05) is 32.7 Å². The Morgan fingerprint density at radius 1 is 1.20 bits per heavy atom. The first-order valence-corrected chi connectivity index (χ1v) is 6.25. The summed E-state index contributed by atoms with van der Waals surface area (Å²) in [6.45, 7) is 13.2. The van der Waals surface area contributed by atoms with Crippen molar-refractivity contribution in [1.82, 2.24) is 10.2 Å². The molecule has 0 radical (unpaired) electrons. The van der Waals surface area contributed by atoms with E-state index >= 15 is 0 Å². The molecule has 0 saturated carbocycles. The molecule has 0 saturated heterocycles. The van der Waals surface area contributed by atoms with E-state index in [1.807, 2.05) is 0 Å². The average molecular weight is 216 g/mol. The highest BCUT2D eigenvalue weighted by molar-refractivity contribution is 4.67. The molecular weight excluding hydrogens is 188 g/mol. The van der Waals surface area contributed by atoms with Crippen LogP contribution in [0.4, 0.5) is 0 Å². The van der Waals surface area contributed by atoms with Gasteiger partial charge in [0.15, 0.2) is 0 Å². The molecule has 0 spiro atoms. The molecule has 0 rings (SSSR count). The fourth-order valence-corrected chi connectivity index (χ4v) is 1.58. The van der Waals surface area contributed by atoms with Gasteiger partial charge in [-0.2, -0.15) is 0 Å². The van der Waals surface area contributed by atoms with Crippen molar-refractivity contribution >= 4 is 0 Å². The van der Waals surface area contributed by atoms with Crippen LogP contribution in [0.2, 0.25) is 0 Å². The summed E-state index contributed by atoms with van der Waals surface area (Å²) in [6, 6.07) is 0. The van der Waals surface area contributed by atoms with E-state index in [1.165, 1.54) is 6.42 Å². The van der Waals surface area contributed by atoms with E-state index in [9.17, 15) is 5.11 Å². The minimum atomic E-state index is -0.242. The van der Waals surface area contributed by atoms with Gasteiger partial charge < -0.3 is 15.3 Å². The van der Waals surface area contributed by atoms with Crippen molar-refractivity contribution in [3.63, 3.8) is 0 Å². The number of aliphatic hydroxyl groups is 1. The Morgan fingerprint density at radius 3 is 2.33 bits per heavy atom. The Hall–Kier alpha value is -0.120. The van der Waals surface area contributed by atoms with Crippen molar-refractivity contribution in [3.8, 4) is 0 Å². The molecule has 0 aromatic heterocycles. The molecule has 0 aliphatic rings. The minimum absolute atomic E-state index is 0.242. The highest BCUT2D eigenvalue weighted by Gasteiger charge is 2.11. The first-order chi connectivity index (χ1) is 7.13. The molecule has 0 heterocycles. The summed E-state index contributed by atoms with van der Waals surface area (Å²) in [5.74, 6) is 0.719. The maximum Gasteiger partial charge on any atom is 0.0791 e. The second kappa shape index (κ2) is 9.13. The van der Waals surface area contributed by atoms with E-state index < -0.39 is 0 Å². The van der Waals surface area contributed by atoms with Gasteiger partial charge in [-0.3, -0.25) is 0 Å². The van der Waals surface area contributed by atoms with Gasteiger partial charge in [0.1, 0.15) is 0 Å². The maximum absolute atomic E-state index is 9.76. The minimum Gasteiger partial charge on any atom is -0.390 e. The van der Waals surface area contributed by atoms with E-state index in [0.717, 1.165) is 32.1 Å². The molecule has 3 nitrogen and oxygen atoms in total. The number of nitrogens with one attached hydrogen (secondary N) is 1. The first kappa shape index (κ1) is 14.9. The number of nitrogens with zero attached hydrogens (tertiary/aromatic N) is 1. The summed E-state index contributed by atoms with van der Waals surface area (Å²) in [5.41, 5.74) is 0. The molecule has 0 aromatic carbocycles. The van der Waals surface area contributed by atoms with Crippen molar-refractivity contribution in [3.05, 3.63) is 0 Å². The van der Waals surface area contributed by atoms with Crippen LogP contribution in [0.3, 0.4) is 0 Å². The highest BCUT2D eigenvalue weighted by atomic mass is 16.3. The van der Waals surface area contributed by atoms with Crippen LogP contribution in [0.15, 0.2) is 0 Å². The zero-order chi connectivity index (χ0) is 11.7. The van der Waals surface area contributed by atoms with E-state index in [1.54, 1.807) is 0 Å². The van der Waals surface area contributed by atoms with Gasteiger partial charge in [0.05, 0.1) is 6.10 Å². The Kier molecular flexibility index (Phi) is 9.06. The van der Waals surface area contributed by atoms with Gasteiger partial charge in [0.2, 0.25) is 0 Å². The average Bonchev–Trinajstić information content (AvgIpc) is 2.25. The number of hydrogen-bond acceptors (Lipinski definition) is 3. The fourth-order valence-electron chi connectivity index (χ4n) is 1.58. The zero-order valence-electron chi connectivity index (χ0n) is 10.8. The third kappa shape index (κ3) is 7.77. The van der Waals surface area contributed by atoms with Crippen molar-refractivity contribution in [1.29, 1.82) is 0 Å². The van der Waals surface area contributed by atoms with Crippen molar-refractivity contribution < 1.29 is 5.11 Å². The third-order valence-electron chi connectivity index (χ3n) is 2.81. The summed E-state index contributed by atoms with van der Waals surface area (Å²) in [7, 11) is 0. The maximum atomic E-state index is 9.76. The van der Waals surface area contributed by atoms with Crippen LogP contribution in [-0.2, 0) is 0 Å². The van der Waals surface area contributed by atoms with Gasteiger partial charge in [-0.05, 0) is 19.0 Å². The SMILES string of the molecule is CCNCC(O)CN(CC)CC(C)CC. The topological polar surface area (TPSA) is 35.5 Å². The predicted octanol–water partition coefficient (Wildman–Crippen LogP) is 1.32. The normalized spacial score (nSPS) is 15.6. The molecule has 0 bridgehead atoms. The van der Waals surface area contributed by atoms with Gasteiger partial charge in [-0.1, -0.05) is 34.1 Å². The molecular formula is C12H28N2O. The molecule has 2 unspecified atom stereocenters. The molecule has 0 fully saturated rings. The molecule has 0 aromatic rings. The number of rotatable bonds is 9. The third-order valence-corrected chi connectivity index (χ3v) is 2.81. The lowest BCUT2D eigenvalue weighted by Crippen LogP contribution is -2.40. The largest absolute Gasteiger partial charge is 0.390 e. The standard InChI is InChI=1S/C12H28N2O/c1-5-11(4)9-14(7-3)10-12(15)8-13-6-2/h11-13,15H,5-10H2,1-4H3. The van der Waals surface area contributed by atoms with E-state index in [2.05, 4.69) is 37.9 Å². The lowest BCUT2D eigenvalue weighted by Gasteiger charge is -2.26. The number of hydrogen-bond donors (Lipinski definition) is 2. The monoisotopic (exact) mass is 216 g/mol. The van der Waals surface area contributed by atoms with Crippen LogP contribution in [0, 0.1) is 5.92 Å². The van der Waals surface area contributed by atoms with Gasteiger partial charge in [-0.15, -0.1) is 0 Å². The predicted molar refractivity (Wildman–Crippen MR) is 66.1 cm³/mol. The molecule has 0 amide bonds. The smallest absolute Gasteiger partial charge is 0.0791 e. The second-order valence-electron chi connectivity index (χ2n) is 4.33. The summed E-state index contributed by atoms with van der Waals surface area (Å²) in [6.07, 6.45) is 0.966. The van der Waals surface area contributed by atoms with Crippen LogP contribution in [0.5, 0.6) is 0 Å². The van der Waals surface area contributed by atoms with Gasteiger partial charge in [-0.25, -0.2) is 0 Å². The van der Waals surface area contributed by atoms with E-state index in [-0.39, 0.29) is 6.10 Å². The number of likely N-dealkylation sites (N-methyl/N-ethyl adjacent to an activating group) is 2. The fraction of sp³-hybridized carbons (Fsp3) is 1.00. The number of aliphatic hydroxyl groups excluding tert-OH is 1. The Bertz CT molecular complexity index is 142. The first-order valence-electron chi connectivity index (χ1n) is 6.25. The summed E-state index contributed by atoms with van der Waals surface area (Å²) >= 11 is 0. The molecule has 3 heteroatoms. The Labute approximate surface area is 94.9 Å². The van der Waals surface area contributed by atoms with Crippen LogP contribution in [0.25, 0.3) is 0 Å². The van der Waals surface area contributed by atoms with E-state index in [0.29, 0.717) is 6.54 Å². The molecule has 2 N–H and O–H groups in total. The van der Waals surface area contributed by atoms with Gasteiger partial charge >= 0.3 is 0 Å². The highest BCUT2D eigenvalue weighted by Crippen LogP contribution is 2.04. The van der Waals surface area contributed by atoms with Crippen LogP contribution in [0.1, 0.15) is 34.1 Å². The van der Waals surface area contributed by atoms with Crippen molar-refractivity contribution in [2.24, 2.45) is 5.92 Å². The van der Waals surface area contributed by atoms with Gasteiger partial charge in [0.25, 0.3) is 0 Å². The van der Waals surface area contributed by atoms with Crippen LogP contribution >= 0.6 is 0 Å². The summed E-state index contributed by atoms with van der Waals surface area (Å²) in [5, 5.41) is 12.9. The van der Waals surface area contributed by atoms with Crippen LogP contribution < -0.4 is 5.32 Å². The lowest BCUT2D eigenvalue weighted by atomic mass is 10.1. The van der Waals surface area contributed by atoms with Crippen LogP contribution in [-0.4, -0.2) is 48.8 Å². The van der Waals surface area contributed by atoms with Gasteiger partial charge in [0, 0.05) is 19.6 Å². The van der Waals surface area contributed by atoms with Crippen molar-refractivity contribution in [2.45, 2.75) is 40.2 Å². The molecule has 0 aliphatic heterocycles. The molecule has 0 aliphatic carbocycles.